The molecule has 0 radical (unpaired) electrons. The molecule has 0 spiro atoms. The number of benzene rings is 1. The Morgan fingerprint density at radius 2 is 1.50 bits per heavy atom. The average molecular weight is 224 g/mol. The van der Waals surface area contributed by atoms with Crippen LogP contribution in [0, 0.1) is 0 Å². The van der Waals surface area contributed by atoms with E-state index in [1.165, 1.54) is 0 Å². The minimum absolute atomic E-state index is 0.377. The molecule has 0 saturated carbocycles. The summed E-state index contributed by atoms with van der Waals surface area (Å²) < 4.78 is 16.0. The largest absolute Gasteiger partial charge is 0.713 e. The zero-order valence-corrected chi connectivity index (χ0v) is 9.17. The smallest absolute Gasteiger partial charge is 0.512 e. The Kier molecular flexibility index (Phi) is 6.59. The molecule has 0 aliphatic rings. The first-order valence-electron chi connectivity index (χ1n) is 5.22. The molecule has 0 fully saturated rings. The fourth-order valence-electron chi connectivity index (χ4n) is 1.05. The van der Waals surface area contributed by atoms with E-state index in [1.54, 1.807) is 0 Å². The summed E-state index contributed by atoms with van der Waals surface area (Å²) in [5.74, 6) is 0.682. The van der Waals surface area contributed by atoms with Gasteiger partial charge in [-0.2, -0.15) is 0 Å². The Balaban J connectivity index is 2.42. The van der Waals surface area contributed by atoms with Crippen molar-refractivity contribution in [2.24, 2.45) is 11.5 Å². The molecule has 0 amide bonds. The lowest BCUT2D eigenvalue weighted by atomic mass is 10.2. The van der Waals surface area contributed by atoms with Crippen LogP contribution in [-0.4, -0.2) is 33.6 Å². The Bertz CT molecular complexity index is 266. The highest BCUT2D eigenvalue weighted by molar-refractivity contribution is 6.37. The monoisotopic (exact) mass is 224 g/mol. The van der Waals surface area contributed by atoms with Crippen LogP contribution in [0.2, 0.25) is 0 Å². The predicted molar refractivity (Wildman–Crippen MR) is 62.8 cm³/mol. The van der Waals surface area contributed by atoms with E-state index in [2.05, 4.69) is 0 Å². The molecule has 1 aromatic rings. The highest BCUT2D eigenvalue weighted by Gasteiger charge is 2.23. The molecular weight excluding hydrogens is 207 g/mol. The van der Waals surface area contributed by atoms with Crippen LogP contribution in [-0.2, 0) is 9.31 Å². The van der Waals surface area contributed by atoms with Crippen molar-refractivity contribution in [3.05, 3.63) is 30.3 Å². The number of hydrogen-bond acceptors (Lipinski definition) is 5. The van der Waals surface area contributed by atoms with Crippen LogP contribution < -0.4 is 16.1 Å². The van der Waals surface area contributed by atoms with Crippen molar-refractivity contribution in [2.45, 2.75) is 0 Å². The second kappa shape index (κ2) is 8.12. The van der Waals surface area contributed by atoms with Crippen molar-refractivity contribution < 1.29 is 14.0 Å². The third kappa shape index (κ3) is 5.13. The molecule has 88 valence electrons. The van der Waals surface area contributed by atoms with Crippen LogP contribution in [0.4, 0.5) is 0 Å². The summed E-state index contributed by atoms with van der Waals surface area (Å²) in [4.78, 5) is 0. The Hall–Kier alpha value is -1.08. The van der Waals surface area contributed by atoms with Crippen LogP contribution in [0.3, 0.4) is 0 Å². The van der Waals surface area contributed by atoms with Crippen LogP contribution >= 0.6 is 0 Å². The van der Waals surface area contributed by atoms with Crippen molar-refractivity contribution in [3.8, 4) is 5.75 Å². The molecule has 0 aliphatic heterocycles. The first-order chi connectivity index (χ1) is 7.86. The van der Waals surface area contributed by atoms with Crippen molar-refractivity contribution in [1.29, 1.82) is 0 Å². The van der Waals surface area contributed by atoms with Crippen molar-refractivity contribution in [1.82, 2.24) is 0 Å². The van der Waals surface area contributed by atoms with Gasteiger partial charge in [0.15, 0.2) is 0 Å². The van der Waals surface area contributed by atoms with Gasteiger partial charge in [-0.25, -0.2) is 0 Å². The highest BCUT2D eigenvalue weighted by Crippen LogP contribution is 2.10. The van der Waals surface area contributed by atoms with E-state index in [-0.39, 0.29) is 0 Å². The summed E-state index contributed by atoms with van der Waals surface area (Å²) in [5, 5.41) is 0. The molecular formula is C10H17BN2O3. The lowest BCUT2D eigenvalue weighted by Gasteiger charge is -2.14. The number of rotatable bonds is 8. The lowest BCUT2D eigenvalue weighted by Crippen LogP contribution is -2.34. The summed E-state index contributed by atoms with van der Waals surface area (Å²) in [6.45, 7) is 1.59. The summed E-state index contributed by atoms with van der Waals surface area (Å²) in [5.41, 5.74) is 10.7. The zero-order valence-electron chi connectivity index (χ0n) is 9.17. The van der Waals surface area contributed by atoms with Gasteiger partial charge < -0.3 is 25.4 Å². The van der Waals surface area contributed by atoms with Gasteiger partial charge >= 0.3 is 7.32 Å². The number of hydrogen-bond donors (Lipinski definition) is 2. The van der Waals surface area contributed by atoms with E-state index in [1.807, 2.05) is 30.3 Å². The Morgan fingerprint density at radius 3 is 2.00 bits per heavy atom. The zero-order chi connectivity index (χ0) is 11.6. The molecule has 0 saturated heterocycles. The molecule has 0 heterocycles. The number of nitrogens with two attached hydrogens (primary N) is 2. The second-order valence-electron chi connectivity index (χ2n) is 3.04. The van der Waals surface area contributed by atoms with Gasteiger partial charge in [0.1, 0.15) is 5.75 Å². The molecule has 6 heteroatoms. The summed E-state index contributed by atoms with van der Waals surface area (Å²) in [7, 11) is -0.755. The van der Waals surface area contributed by atoms with E-state index >= 15 is 0 Å². The normalized spacial score (nSPS) is 10.1. The summed E-state index contributed by atoms with van der Waals surface area (Å²) >= 11 is 0. The highest BCUT2D eigenvalue weighted by atomic mass is 16.7. The quantitative estimate of drug-likeness (QED) is 0.607. The standard InChI is InChI=1S/C10H17BN2O3/c12-6-8-14-11(15-9-7-13)16-10-4-2-1-3-5-10/h1-5H,6-9,12-13H2. The topological polar surface area (TPSA) is 79.7 Å². The van der Waals surface area contributed by atoms with Crippen LogP contribution in [0.25, 0.3) is 0 Å². The molecule has 4 N–H and O–H groups in total. The van der Waals surface area contributed by atoms with Gasteiger partial charge in [-0.05, 0) is 12.1 Å². The molecule has 0 unspecified atom stereocenters. The summed E-state index contributed by atoms with van der Waals surface area (Å²) in [6, 6.07) is 9.30. The molecule has 1 rings (SSSR count). The molecule has 5 nitrogen and oxygen atoms in total. The van der Waals surface area contributed by atoms with Crippen molar-refractivity contribution in [3.63, 3.8) is 0 Å². The third-order valence-corrected chi connectivity index (χ3v) is 1.72. The second-order valence-corrected chi connectivity index (χ2v) is 3.04. The predicted octanol–water partition coefficient (Wildman–Crippen LogP) is 0.000900. The average Bonchev–Trinajstić information content (AvgIpc) is 2.34. The fraction of sp³-hybridized carbons (Fsp3) is 0.400. The minimum Gasteiger partial charge on any atom is -0.512 e. The van der Waals surface area contributed by atoms with Gasteiger partial charge in [0.25, 0.3) is 0 Å². The molecule has 0 aliphatic carbocycles. The molecule has 0 bridgehead atoms. The van der Waals surface area contributed by atoms with E-state index in [0.29, 0.717) is 32.1 Å². The SMILES string of the molecule is NCCOB(OCCN)Oc1ccccc1. The van der Waals surface area contributed by atoms with Crippen molar-refractivity contribution in [2.75, 3.05) is 26.3 Å². The van der Waals surface area contributed by atoms with E-state index in [4.69, 9.17) is 25.4 Å². The van der Waals surface area contributed by atoms with Crippen LogP contribution in [0.5, 0.6) is 5.75 Å². The maximum absolute atomic E-state index is 5.46. The Morgan fingerprint density at radius 1 is 0.938 bits per heavy atom. The Labute approximate surface area is 95.8 Å². The maximum atomic E-state index is 5.46. The van der Waals surface area contributed by atoms with Gasteiger partial charge in [0.05, 0.1) is 0 Å². The van der Waals surface area contributed by atoms with Crippen LogP contribution in [0.1, 0.15) is 0 Å². The van der Waals surface area contributed by atoms with Gasteiger partial charge in [-0.15, -0.1) is 0 Å². The van der Waals surface area contributed by atoms with E-state index < -0.39 is 7.32 Å². The van der Waals surface area contributed by atoms with Gasteiger partial charge in [0, 0.05) is 26.3 Å². The molecule has 16 heavy (non-hydrogen) atoms. The van der Waals surface area contributed by atoms with E-state index in [0.717, 1.165) is 0 Å². The first kappa shape index (κ1) is 13.0. The van der Waals surface area contributed by atoms with Crippen LogP contribution in [0.15, 0.2) is 30.3 Å². The van der Waals surface area contributed by atoms with Gasteiger partial charge in [-0.1, -0.05) is 18.2 Å². The number of para-hydroxylation sites is 1. The molecule has 0 aromatic heterocycles. The fourth-order valence-corrected chi connectivity index (χ4v) is 1.05. The first-order valence-corrected chi connectivity index (χ1v) is 5.22. The van der Waals surface area contributed by atoms with Crippen molar-refractivity contribution >= 4 is 7.32 Å². The minimum atomic E-state index is -0.755. The van der Waals surface area contributed by atoms with Gasteiger partial charge in [-0.3, -0.25) is 0 Å². The third-order valence-electron chi connectivity index (χ3n) is 1.72. The summed E-state index contributed by atoms with van der Waals surface area (Å²) in [6.07, 6.45) is 0. The molecule has 0 atom stereocenters. The van der Waals surface area contributed by atoms with Gasteiger partial charge in [0.2, 0.25) is 0 Å². The van der Waals surface area contributed by atoms with E-state index in [9.17, 15) is 0 Å². The maximum Gasteiger partial charge on any atom is 0.713 e. The lowest BCUT2D eigenvalue weighted by molar-refractivity contribution is 0.147. The molecule has 1 aromatic carbocycles.